The third-order valence-corrected chi connectivity index (χ3v) is 5.56. The summed E-state index contributed by atoms with van der Waals surface area (Å²) in [5.41, 5.74) is -0.180. The molecule has 1 aromatic heterocycles. The van der Waals surface area contributed by atoms with E-state index in [0.717, 1.165) is 11.9 Å². The van der Waals surface area contributed by atoms with E-state index in [1.165, 1.54) is 32.0 Å². The topological polar surface area (TPSA) is 49.8 Å². The summed E-state index contributed by atoms with van der Waals surface area (Å²) in [5, 5.41) is 4.45. The molecule has 6 rings (SSSR count). The van der Waals surface area contributed by atoms with E-state index in [-0.39, 0.29) is 11.4 Å². The van der Waals surface area contributed by atoms with Crippen LogP contribution in [0.25, 0.3) is 10.8 Å². The average molecular weight is 326 g/mol. The standard InChI is InChI=1S/C18H19FN4O/c19-15-3-1-2-12-9-20-16(8-14(12)15)22-17-21-10-18(24-17)11-23-6-4-13(18)5-7-23/h1-3,8-9,13H,4-7,10-11H2,(H,20,21,22). The van der Waals surface area contributed by atoms with Crippen molar-refractivity contribution >= 4 is 22.6 Å². The van der Waals surface area contributed by atoms with Gasteiger partial charge < -0.3 is 4.74 Å². The lowest BCUT2D eigenvalue weighted by atomic mass is 9.75. The van der Waals surface area contributed by atoms with Gasteiger partial charge in [0.2, 0.25) is 0 Å². The molecule has 3 saturated heterocycles. The largest absolute Gasteiger partial charge is 0.455 e. The molecule has 0 radical (unpaired) electrons. The Balaban J connectivity index is 1.37. The van der Waals surface area contributed by atoms with Gasteiger partial charge in [-0.15, -0.1) is 0 Å². The summed E-state index contributed by atoms with van der Waals surface area (Å²) in [6, 6.07) is 7.21. The van der Waals surface area contributed by atoms with Gasteiger partial charge in [-0.2, -0.15) is 0 Å². The van der Waals surface area contributed by atoms with Crippen LogP contribution >= 0.6 is 0 Å². The van der Waals surface area contributed by atoms with E-state index in [0.29, 0.717) is 29.7 Å². The van der Waals surface area contributed by atoms with Crippen molar-refractivity contribution in [2.45, 2.75) is 18.4 Å². The van der Waals surface area contributed by atoms with Crippen molar-refractivity contribution in [1.82, 2.24) is 9.88 Å². The van der Waals surface area contributed by atoms with Crippen LogP contribution in [0.3, 0.4) is 0 Å². The number of amidine groups is 1. The van der Waals surface area contributed by atoms with Gasteiger partial charge in [0.1, 0.15) is 17.2 Å². The predicted octanol–water partition coefficient (Wildman–Crippen LogP) is 2.64. The lowest BCUT2D eigenvalue weighted by Crippen LogP contribution is -2.61. The number of nitrogens with one attached hydrogen (secondary N) is 1. The number of benzene rings is 1. The fraction of sp³-hybridized carbons (Fsp3) is 0.444. The molecule has 3 fully saturated rings. The molecule has 1 unspecified atom stereocenters. The van der Waals surface area contributed by atoms with Crippen LogP contribution in [0.5, 0.6) is 0 Å². The number of halogens is 1. The van der Waals surface area contributed by atoms with Crippen LogP contribution < -0.4 is 5.32 Å². The number of nitrogens with zero attached hydrogens (tertiary/aromatic N) is 3. The zero-order valence-corrected chi connectivity index (χ0v) is 13.3. The van der Waals surface area contributed by atoms with Crippen molar-refractivity contribution in [2.24, 2.45) is 10.9 Å². The molecule has 0 amide bonds. The van der Waals surface area contributed by atoms with Crippen LogP contribution in [-0.4, -0.2) is 47.7 Å². The normalized spacial score (nSPS) is 31.3. The third kappa shape index (κ3) is 2.17. The van der Waals surface area contributed by atoms with Crippen LogP contribution in [0.2, 0.25) is 0 Å². The summed E-state index contributed by atoms with van der Waals surface area (Å²) in [4.78, 5) is 11.4. The van der Waals surface area contributed by atoms with Crippen molar-refractivity contribution in [2.75, 3.05) is 31.5 Å². The number of pyridine rings is 1. The molecule has 124 valence electrons. The maximum atomic E-state index is 13.9. The molecule has 1 spiro atoms. The molecular formula is C18H19FN4O. The minimum absolute atomic E-state index is 0.180. The second-order valence-corrected chi connectivity index (χ2v) is 6.99. The number of fused-ring (bicyclic) bond motifs is 3. The number of anilines is 1. The summed E-state index contributed by atoms with van der Waals surface area (Å²) >= 11 is 0. The summed E-state index contributed by atoms with van der Waals surface area (Å²) < 4.78 is 20.2. The molecule has 1 N–H and O–H groups in total. The fourth-order valence-electron chi connectivity index (χ4n) is 4.26. The monoisotopic (exact) mass is 326 g/mol. The molecule has 4 aliphatic rings. The highest BCUT2D eigenvalue weighted by Crippen LogP contribution is 2.40. The maximum Gasteiger partial charge on any atom is 0.291 e. The quantitative estimate of drug-likeness (QED) is 0.875. The summed E-state index contributed by atoms with van der Waals surface area (Å²) in [6.07, 6.45) is 4.03. The Hall–Kier alpha value is -2.21. The van der Waals surface area contributed by atoms with Gasteiger partial charge in [0.25, 0.3) is 6.02 Å². The number of piperidine rings is 3. The van der Waals surface area contributed by atoms with Crippen molar-refractivity contribution in [3.05, 3.63) is 36.3 Å². The first-order valence-corrected chi connectivity index (χ1v) is 8.49. The summed E-state index contributed by atoms with van der Waals surface area (Å²) in [5.74, 6) is 0.887. The molecule has 1 atom stereocenters. The third-order valence-electron chi connectivity index (χ3n) is 5.56. The van der Waals surface area contributed by atoms with Crippen LogP contribution in [0.15, 0.2) is 35.5 Å². The van der Waals surface area contributed by atoms with Crippen LogP contribution in [0, 0.1) is 11.7 Å². The first-order chi connectivity index (χ1) is 11.7. The highest BCUT2D eigenvalue weighted by atomic mass is 19.1. The average Bonchev–Trinajstić information content (AvgIpc) is 2.99. The Kier molecular flexibility index (Phi) is 3.03. The Morgan fingerprint density at radius 1 is 1.29 bits per heavy atom. The van der Waals surface area contributed by atoms with E-state index in [9.17, 15) is 4.39 Å². The molecule has 24 heavy (non-hydrogen) atoms. The van der Waals surface area contributed by atoms with Gasteiger partial charge >= 0.3 is 0 Å². The highest BCUT2D eigenvalue weighted by molar-refractivity contribution is 5.92. The van der Waals surface area contributed by atoms with E-state index >= 15 is 0 Å². The van der Waals surface area contributed by atoms with E-state index in [1.54, 1.807) is 18.3 Å². The minimum Gasteiger partial charge on any atom is -0.455 e. The lowest BCUT2D eigenvalue weighted by molar-refractivity contribution is -0.0829. The van der Waals surface area contributed by atoms with Crippen molar-refractivity contribution < 1.29 is 9.13 Å². The van der Waals surface area contributed by atoms with Gasteiger partial charge in [-0.1, -0.05) is 12.1 Å². The van der Waals surface area contributed by atoms with Gasteiger partial charge in [-0.25, -0.2) is 14.4 Å². The second kappa shape index (κ2) is 5.14. The van der Waals surface area contributed by atoms with E-state index < -0.39 is 0 Å². The smallest absolute Gasteiger partial charge is 0.291 e. The maximum absolute atomic E-state index is 13.9. The van der Waals surface area contributed by atoms with Crippen LogP contribution in [0.1, 0.15) is 12.8 Å². The van der Waals surface area contributed by atoms with Crippen molar-refractivity contribution in [3.8, 4) is 0 Å². The van der Waals surface area contributed by atoms with E-state index in [4.69, 9.17) is 4.74 Å². The lowest BCUT2D eigenvalue weighted by Gasteiger charge is -2.50. The van der Waals surface area contributed by atoms with E-state index in [2.05, 4.69) is 20.2 Å². The molecule has 5 nitrogen and oxygen atoms in total. The number of hydrogen-bond donors (Lipinski definition) is 1. The van der Waals surface area contributed by atoms with Gasteiger partial charge in [-0.3, -0.25) is 10.2 Å². The first-order valence-electron chi connectivity index (χ1n) is 8.49. The molecule has 2 bridgehead atoms. The van der Waals surface area contributed by atoms with Gasteiger partial charge in [-0.05, 0) is 38.1 Å². The van der Waals surface area contributed by atoms with Gasteiger partial charge in [0.05, 0.1) is 6.54 Å². The number of aromatic nitrogens is 1. The predicted molar refractivity (Wildman–Crippen MR) is 90.6 cm³/mol. The molecule has 0 aliphatic carbocycles. The second-order valence-electron chi connectivity index (χ2n) is 6.99. The van der Waals surface area contributed by atoms with Crippen molar-refractivity contribution in [1.29, 1.82) is 0 Å². The van der Waals surface area contributed by atoms with E-state index in [1.807, 2.05) is 6.07 Å². The number of aliphatic imine (C=N–C) groups is 1. The number of rotatable bonds is 1. The number of ether oxygens (including phenoxy) is 1. The number of hydrogen-bond acceptors (Lipinski definition) is 5. The zero-order valence-electron chi connectivity index (χ0n) is 13.3. The Morgan fingerprint density at radius 3 is 2.96 bits per heavy atom. The highest BCUT2D eigenvalue weighted by Gasteiger charge is 2.51. The molecule has 5 heterocycles. The molecule has 4 aliphatic heterocycles. The molecular weight excluding hydrogens is 307 g/mol. The Bertz CT molecular complexity index is 831. The van der Waals surface area contributed by atoms with Gasteiger partial charge in [0.15, 0.2) is 0 Å². The molecule has 2 aromatic rings. The molecule has 6 heteroatoms. The molecule has 0 saturated carbocycles. The van der Waals surface area contributed by atoms with Crippen molar-refractivity contribution in [3.63, 3.8) is 0 Å². The summed E-state index contributed by atoms with van der Waals surface area (Å²) in [7, 11) is 0. The minimum atomic E-state index is -0.249. The Labute approximate surface area is 139 Å². The Morgan fingerprint density at radius 2 is 2.17 bits per heavy atom. The van der Waals surface area contributed by atoms with Crippen LogP contribution in [0.4, 0.5) is 10.2 Å². The molecule has 1 aromatic carbocycles. The van der Waals surface area contributed by atoms with Gasteiger partial charge in [0, 0.05) is 29.4 Å². The SMILES string of the molecule is Fc1cccc2cnc(NC3=NCC4(CN5CCC4CC5)O3)cc12. The zero-order chi connectivity index (χ0) is 16.1. The fourth-order valence-corrected chi connectivity index (χ4v) is 4.26. The first kappa shape index (κ1) is 14.2. The summed E-state index contributed by atoms with van der Waals surface area (Å²) in [6.45, 7) is 3.98. The van der Waals surface area contributed by atoms with Crippen LogP contribution in [-0.2, 0) is 4.74 Å².